The Kier molecular flexibility index (Phi) is 34.3. The normalized spacial score (nSPS) is 26.7. The highest BCUT2D eigenvalue weighted by atomic mass is 33.1. The number of hydrogen-bond donors (Lipinski definition) is 19. The van der Waals surface area contributed by atoms with E-state index in [9.17, 15) is 106 Å². The Labute approximate surface area is 642 Å². The summed E-state index contributed by atoms with van der Waals surface area (Å²) in [4.78, 5) is 238. The Morgan fingerprint density at radius 3 is 1.74 bits per heavy atom. The Balaban J connectivity index is 0.00000252. The molecule has 6 bridgehead atoms. The first-order chi connectivity index (χ1) is 51.4. The lowest BCUT2D eigenvalue weighted by Gasteiger charge is -2.30. The molecule has 14 amide bonds. The zero-order chi connectivity index (χ0) is 80.6. The number of amides is 14. The largest absolute Gasteiger partial charge is 0.508 e. The van der Waals surface area contributed by atoms with Gasteiger partial charge in [0.25, 0.3) is 5.91 Å². The molecular weight excluding hydrogens is 1570 g/mol. The number of aliphatic hydroxyl groups excluding tert-OH is 1. The molecule has 5 aliphatic rings. The van der Waals surface area contributed by atoms with E-state index in [0.29, 0.717) is 5.56 Å². The predicted octanol–water partition coefficient (Wildman–Crippen LogP) is -4.99. The molecule has 38 nitrogen and oxygen atoms in total. The van der Waals surface area contributed by atoms with E-state index in [4.69, 9.17) is 15.6 Å². The lowest BCUT2D eigenvalue weighted by Crippen LogP contribution is -2.61. The number of rotatable bonds is 13. The van der Waals surface area contributed by atoms with Crippen LogP contribution in [-0.2, 0) is 94.3 Å². The number of halogens is 3. The number of nitrogens with two attached hydrogens (primary N) is 1. The molecule has 5 heterocycles. The number of carbonyl (C=O) groups excluding carboxylic acids is 14. The van der Waals surface area contributed by atoms with Gasteiger partial charge in [0.15, 0.2) is 0 Å². The van der Waals surface area contributed by atoms with E-state index in [2.05, 4.69) is 63.8 Å². The number of carboxylic acid groups (broad SMARTS) is 3. The fraction of sp³-hybridized carbons (Fsp3) is 0.532. The summed E-state index contributed by atoms with van der Waals surface area (Å²) >= 11 is 1.95. The van der Waals surface area contributed by atoms with Crippen LogP contribution in [0.15, 0.2) is 48.5 Å². The lowest BCUT2D eigenvalue weighted by molar-refractivity contribution is -0.192. The van der Waals surface area contributed by atoms with Crippen LogP contribution in [0.3, 0.4) is 0 Å². The minimum Gasteiger partial charge on any atom is -0.508 e. The third-order valence-corrected chi connectivity index (χ3v) is 23.8. The molecule has 5 fully saturated rings. The van der Waals surface area contributed by atoms with Crippen molar-refractivity contribution in [3.63, 3.8) is 0 Å². The van der Waals surface area contributed by atoms with Crippen LogP contribution in [-0.4, -0.2) is 285 Å². The zero-order valence-electron chi connectivity index (χ0n) is 57.7. The summed E-state index contributed by atoms with van der Waals surface area (Å²) in [5, 5.41) is 87.4. The van der Waals surface area contributed by atoms with Crippen LogP contribution >= 0.6 is 66.7 Å². The van der Waals surface area contributed by atoms with E-state index in [1.165, 1.54) is 55.5 Å². The Bertz CT molecular complexity index is 3710. The van der Waals surface area contributed by atoms with Crippen molar-refractivity contribution in [1.82, 2.24) is 73.6 Å². The van der Waals surface area contributed by atoms with Crippen LogP contribution < -0.4 is 69.5 Å². The molecule has 5 aliphatic heterocycles. The van der Waals surface area contributed by atoms with Crippen LogP contribution in [0.25, 0.3) is 0 Å². The van der Waals surface area contributed by atoms with Crippen molar-refractivity contribution in [2.75, 3.05) is 53.6 Å². The van der Waals surface area contributed by atoms with Crippen molar-refractivity contribution < 1.29 is 125 Å². The molecular formula is C62H80F3N15O23S6. The second kappa shape index (κ2) is 42.1. The zero-order valence-corrected chi connectivity index (χ0v) is 62.6. The molecule has 598 valence electrons. The SMILES string of the molecule is C[C@@H]1NC(=O)[C@@H]2CCCN2C(=O)[C@H](CC(N)=O)NC(=O)[C@@H]2CSCSC3NCN(C3=O)[C@H]3CSSC[C@H](NC1=O)C(=O)N[C@@H]([C@@H](C)O)C(=O)NCC(=O)N[C@H](C(=O)N[C@@H](Cc1ccc(O)cc1)C(=O)O)CSSC[C@H](NC(=O)[C@H](Cc1ccc(O)cc1)NC(=O)[C@H](CCC(=O)O)NC3=O)C(=O)N2.O=C(O)C(F)(F)F. The van der Waals surface area contributed by atoms with Crippen molar-refractivity contribution in [1.29, 1.82) is 0 Å². The monoisotopic (exact) mass is 1650 g/mol. The number of carboxylic acids is 3. The number of aliphatic carboxylic acids is 3. The average Bonchev–Trinajstić information content (AvgIpc) is 1.72. The maximum atomic E-state index is 15.2. The third-order valence-electron chi connectivity index (χ3n) is 16.5. The number of phenolic OH excluding ortho intramolecular Hbond substituents is 2. The van der Waals surface area contributed by atoms with Crippen LogP contribution in [0.2, 0.25) is 0 Å². The number of hydrogen-bond acceptors (Lipinski definition) is 27. The standard InChI is InChI=1S/C60H79N15O21S6.C2HF3O2/c1-27-47(83)70-40-23-101-102-24-42-55(91)66-33(13-14-45(81)82)48(84)67-34(16-29-5-9-31(77)10-6-29)49(85)72-39(22-100-99-21-38(65-44(80)19-62-56(92)46(28(2)76)73-53(40)89)51(87)69-36(60(95)96)17-30-7-11-32(78)12-8-30)52(88)71-37(20-97-26-98-57-59(94)75(42)25-63-57)50(86)68-35(18-43(61)79)58(93)74-15-3-4-41(74)54(90)64-27;3-2(4,5)1(6)7/h5-12,27-28,33-42,46,57,63,76-78H,3-4,13-26H2,1-2H3,(H2,61,79)(H,62,92)(H,64,90)(H,65,80)(H,66,91)(H,67,84)(H,68,86)(H,69,87)(H,70,83)(H,71,88)(H,72,85)(H,73,89)(H,81,82)(H,95,96);(H,6,7)/t27-,28+,33-,34-,35-,36-,37-,38-,39-,40-,41-,42-,46-,57?;/m0./s1. The molecule has 2 aromatic carbocycles. The third kappa shape index (κ3) is 27.7. The van der Waals surface area contributed by atoms with Gasteiger partial charge in [-0.05, 0) is 68.5 Å². The van der Waals surface area contributed by atoms with Crippen molar-refractivity contribution in [2.24, 2.45) is 5.73 Å². The van der Waals surface area contributed by atoms with E-state index >= 15 is 9.59 Å². The summed E-state index contributed by atoms with van der Waals surface area (Å²) in [5.74, 6) is -23.3. The van der Waals surface area contributed by atoms with Gasteiger partial charge in [-0.25, -0.2) is 9.59 Å². The minimum absolute atomic E-state index is 0.00128. The van der Waals surface area contributed by atoms with Gasteiger partial charge in [-0.1, -0.05) is 67.4 Å². The van der Waals surface area contributed by atoms with Gasteiger partial charge in [-0.2, -0.15) is 13.2 Å². The van der Waals surface area contributed by atoms with Crippen LogP contribution in [0.1, 0.15) is 57.1 Å². The van der Waals surface area contributed by atoms with Gasteiger partial charge in [0.1, 0.15) is 89.4 Å². The molecule has 0 aromatic heterocycles. The first-order valence-electron chi connectivity index (χ1n) is 33.0. The Morgan fingerprint density at radius 1 is 0.615 bits per heavy atom. The van der Waals surface area contributed by atoms with Gasteiger partial charge in [0.2, 0.25) is 76.8 Å². The topological polar surface area (TPSA) is 588 Å². The summed E-state index contributed by atoms with van der Waals surface area (Å²) in [5.41, 5.74) is 6.29. The number of nitrogens with one attached hydrogen (secondary N) is 12. The molecule has 20 N–H and O–H groups in total. The summed E-state index contributed by atoms with van der Waals surface area (Å²) in [6, 6.07) is -9.79. The number of benzene rings is 2. The molecule has 0 spiro atoms. The van der Waals surface area contributed by atoms with Gasteiger partial charge >= 0.3 is 24.1 Å². The number of alkyl halides is 3. The minimum atomic E-state index is -5.08. The number of nitrogens with zero attached hydrogens (tertiary/aromatic N) is 2. The molecule has 5 saturated heterocycles. The maximum Gasteiger partial charge on any atom is 0.490 e. The molecule has 0 aliphatic carbocycles. The average molecular weight is 1650 g/mol. The number of thioether (sulfide) groups is 2. The highest BCUT2D eigenvalue weighted by Gasteiger charge is 2.45. The number of carbonyl (C=O) groups is 17. The summed E-state index contributed by atoms with van der Waals surface area (Å²) in [6.07, 6.45) is -9.68. The molecule has 0 radical (unpaired) electrons. The van der Waals surface area contributed by atoms with Crippen molar-refractivity contribution in [3.05, 3.63) is 59.7 Å². The summed E-state index contributed by atoms with van der Waals surface area (Å²) in [6.45, 7) is 0.900. The van der Waals surface area contributed by atoms with Crippen molar-refractivity contribution in [2.45, 2.75) is 149 Å². The number of aromatic hydroxyl groups is 2. The van der Waals surface area contributed by atoms with Crippen molar-refractivity contribution >= 4 is 167 Å². The van der Waals surface area contributed by atoms with E-state index in [-0.39, 0.29) is 66.1 Å². The van der Waals surface area contributed by atoms with Crippen LogP contribution in [0, 0.1) is 0 Å². The molecule has 47 heteroatoms. The quantitative estimate of drug-likeness (QED) is 0.0660. The molecule has 7 rings (SSSR count). The Hall–Kier alpha value is -9.16. The Morgan fingerprint density at radius 2 is 1.15 bits per heavy atom. The maximum absolute atomic E-state index is 15.2. The van der Waals surface area contributed by atoms with E-state index < -0.39 is 240 Å². The van der Waals surface area contributed by atoms with Gasteiger partial charge in [-0.3, -0.25) is 77.2 Å². The number of primary amides is 1. The van der Waals surface area contributed by atoms with Gasteiger partial charge in [-0.15, -0.1) is 23.5 Å². The number of fused-ring (bicyclic) bond motifs is 17. The fourth-order valence-corrected chi connectivity index (χ4v) is 17.7. The van der Waals surface area contributed by atoms with Gasteiger partial charge < -0.3 is 105 Å². The second-order valence-corrected chi connectivity index (χ2v) is 32.4. The molecule has 0 saturated carbocycles. The van der Waals surface area contributed by atoms with Gasteiger partial charge in [0.05, 0.1) is 25.7 Å². The van der Waals surface area contributed by atoms with Crippen molar-refractivity contribution in [3.8, 4) is 11.5 Å². The first-order valence-corrected chi connectivity index (χ1v) is 40.2. The molecule has 14 atom stereocenters. The van der Waals surface area contributed by atoms with E-state index in [1.807, 2.05) is 0 Å². The number of phenols is 2. The lowest BCUT2D eigenvalue weighted by atomic mass is 10.0. The van der Waals surface area contributed by atoms with Crippen LogP contribution in [0.4, 0.5) is 13.2 Å². The summed E-state index contributed by atoms with van der Waals surface area (Å²) in [7, 11) is 3.17. The number of aliphatic hydroxyl groups is 1. The molecule has 109 heavy (non-hydrogen) atoms. The highest BCUT2D eigenvalue weighted by Crippen LogP contribution is 2.30. The van der Waals surface area contributed by atoms with E-state index in [0.717, 1.165) is 83.4 Å². The van der Waals surface area contributed by atoms with E-state index in [1.54, 1.807) is 0 Å². The first kappa shape index (κ1) is 88.7. The van der Waals surface area contributed by atoms with Gasteiger partial charge in [0, 0.05) is 59.7 Å². The molecule has 1 unspecified atom stereocenters. The molecule has 2 aromatic rings. The predicted molar refractivity (Wildman–Crippen MR) is 387 cm³/mol. The van der Waals surface area contributed by atoms with Crippen LogP contribution in [0.5, 0.6) is 11.5 Å². The second-order valence-electron chi connectivity index (χ2n) is 24.8. The highest BCUT2D eigenvalue weighted by molar-refractivity contribution is 8.77. The summed E-state index contributed by atoms with van der Waals surface area (Å²) < 4.78 is 31.7. The fourth-order valence-electron chi connectivity index (χ4n) is 10.7. The smallest absolute Gasteiger partial charge is 0.490 e.